The van der Waals surface area contributed by atoms with E-state index in [9.17, 15) is 9.59 Å². The van der Waals surface area contributed by atoms with Crippen molar-refractivity contribution >= 4 is 23.2 Å². The van der Waals surface area contributed by atoms with E-state index in [0.29, 0.717) is 35.1 Å². The first kappa shape index (κ1) is 18.4. The van der Waals surface area contributed by atoms with Crippen molar-refractivity contribution in [2.45, 2.75) is 20.3 Å². The van der Waals surface area contributed by atoms with Gasteiger partial charge in [0.2, 0.25) is 5.91 Å². The van der Waals surface area contributed by atoms with Crippen LogP contribution in [0.2, 0.25) is 0 Å². The number of aryl methyl sites for hydroxylation is 1. The van der Waals surface area contributed by atoms with Crippen LogP contribution in [-0.4, -0.2) is 26.2 Å². The van der Waals surface area contributed by atoms with E-state index in [4.69, 9.17) is 0 Å². The Morgan fingerprint density at radius 3 is 2.22 bits per heavy atom. The Labute approximate surface area is 158 Å². The fourth-order valence-corrected chi connectivity index (χ4v) is 2.79. The van der Waals surface area contributed by atoms with Crippen LogP contribution < -0.4 is 10.6 Å². The van der Waals surface area contributed by atoms with E-state index in [1.165, 1.54) is 0 Å². The molecule has 2 N–H and O–H groups in total. The number of aromatic nitrogens is 3. The summed E-state index contributed by atoms with van der Waals surface area (Å²) in [5, 5.41) is 9.91. The summed E-state index contributed by atoms with van der Waals surface area (Å²) in [6.45, 7) is 4.00. The van der Waals surface area contributed by atoms with Gasteiger partial charge in [0.1, 0.15) is 11.4 Å². The number of amides is 2. The molecule has 27 heavy (non-hydrogen) atoms. The topological polar surface area (TPSA) is 81.0 Å². The van der Waals surface area contributed by atoms with Crippen LogP contribution in [0.25, 0.3) is 5.82 Å². The Hall–Kier alpha value is -3.35. The van der Waals surface area contributed by atoms with Crippen molar-refractivity contribution in [1.29, 1.82) is 0 Å². The number of rotatable bonds is 6. The van der Waals surface area contributed by atoms with Crippen LogP contribution in [0.5, 0.6) is 0 Å². The van der Waals surface area contributed by atoms with Gasteiger partial charge in [-0.1, -0.05) is 13.8 Å². The van der Waals surface area contributed by atoms with E-state index in [0.717, 1.165) is 0 Å². The maximum absolute atomic E-state index is 12.7. The molecule has 2 aromatic heterocycles. The van der Waals surface area contributed by atoms with Crippen molar-refractivity contribution in [2.75, 3.05) is 10.6 Å². The van der Waals surface area contributed by atoms with Gasteiger partial charge in [-0.05, 0) is 42.3 Å². The molecule has 0 radical (unpaired) electrons. The van der Waals surface area contributed by atoms with Gasteiger partial charge in [-0.2, -0.15) is 5.10 Å². The highest BCUT2D eigenvalue weighted by Crippen LogP contribution is 2.18. The third-order valence-corrected chi connectivity index (χ3v) is 4.02. The normalized spacial score (nSPS) is 10.8. The van der Waals surface area contributed by atoms with Crippen molar-refractivity contribution in [2.24, 2.45) is 13.0 Å². The number of hydrogen-bond donors (Lipinski definition) is 2. The molecule has 0 aliphatic rings. The van der Waals surface area contributed by atoms with Crippen molar-refractivity contribution in [3.63, 3.8) is 0 Å². The molecule has 0 spiro atoms. The van der Waals surface area contributed by atoms with Gasteiger partial charge in [-0.15, -0.1) is 0 Å². The van der Waals surface area contributed by atoms with E-state index in [1.54, 1.807) is 42.2 Å². The molecule has 140 valence electrons. The van der Waals surface area contributed by atoms with Gasteiger partial charge in [0.25, 0.3) is 5.91 Å². The summed E-state index contributed by atoms with van der Waals surface area (Å²) in [5.41, 5.74) is 1.82. The minimum Gasteiger partial charge on any atom is -0.326 e. The van der Waals surface area contributed by atoms with Crippen molar-refractivity contribution in [3.8, 4) is 5.82 Å². The zero-order valence-corrected chi connectivity index (χ0v) is 15.6. The minimum atomic E-state index is -0.247. The zero-order chi connectivity index (χ0) is 19.4. The molecule has 0 bridgehead atoms. The summed E-state index contributed by atoms with van der Waals surface area (Å²) in [4.78, 5) is 24.5. The molecule has 7 nitrogen and oxygen atoms in total. The number of benzene rings is 1. The van der Waals surface area contributed by atoms with Gasteiger partial charge in [0, 0.05) is 37.2 Å². The molecule has 0 unspecified atom stereocenters. The molecular weight excluding hydrogens is 342 g/mol. The second-order valence-corrected chi connectivity index (χ2v) is 6.77. The first-order valence-electron chi connectivity index (χ1n) is 8.80. The van der Waals surface area contributed by atoms with Crippen LogP contribution in [0.1, 0.15) is 30.6 Å². The molecular formula is C20H23N5O2. The summed E-state index contributed by atoms with van der Waals surface area (Å²) in [6.07, 6.45) is 5.75. The lowest BCUT2D eigenvalue weighted by Crippen LogP contribution is -2.15. The molecule has 0 aliphatic carbocycles. The second-order valence-electron chi connectivity index (χ2n) is 6.77. The van der Waals surface area contributed by atoms with Crippen LogP contribution in [0.3, 0.4) is 0 Å². The molecule has 0 fully saturated rings. The molecule has 0 aliphatic heterocycles. The smallest absolute Gasteiger partial charge is 0.261 e. The lowest BCUT2D eigenvalue weighted by molar-refractivity contribution is -0.116. The fraction of sp³-hybridized carbons (Fsp3) is 0.250. The average Bonchev–Trinajstić information content (AvgIpc) is 3.25. The van der Waals surface area contributed by atoms with Crippen LogP contribution in [0, 0.1) is 5.92 Å². The van der Waals surface area contributed by atoms with Gasteiger partial charge < -0.3 is 15.2 Å². The number of carbonyl (C=O) groups is 2. The third kappa shape index (κ3) is 4.44. The molecule has 1 aromatic carbocycles. The summed E-state index contributed by atoms with van der Waals surface area (Å²) >= 11 is 0. The number of hydrogen-bond acceptors (Lipinski definition) is 3. The van der Waals surface area contributed by atoms with E-state index >= 15 is 0 Å². The van der Waals surface area contributed by atoms with Gasteiger partial charge in [0.15, 0.2) is 0 Å². The maximum atomic E-state index is 12.7. The van der Waals surface area contributed by atoms with Crippen molar-refractivity contribution < 1.29 is 9.59 Å². The second kappa shape index (κ2) is 7.90. The van der Waals surface area contributed by atoms with E-state index < -0.39 is 0 Å². The summed E-state index contributed by atoms with van der Waals surface area (Å²) < 4.78 is 3.50. The first-order chi connectivity index (χ1) is 12.9. The Morgan fingerprint density at radius 1 is 1.04 bits per heavy atom. The Bertz CT molecular complexity index is 924. The molecule has 0 saturated heterocycles. The van der Waals surface area contributed by atoms with Crippen LogP contribution in [-0.2, 0) is 11.8 Å². The molecule has 7 heteroatoms. The van der Waals surface area contributed by atoms with Crippen LogP contribution >= 0.6 is 0 Å². The van der Waals surface area contributed by atoms with Gasteiger partial charge >= 0.3 is 0 Å². The molecule has 2 heterocycles. The average molecular weight is 365 g/mol. The molecule has 3 aromatic rings. The number of carbonyl (C=O) groups excluding carboxylic acids is 2. The van der Waals surface area contributed by atoms with Gasteiger partial charge in [-0.25, -0.2) is 0 Å². The van der Waals surface area contributed by atoms with E-state index in [1.807, 2.05) is 42.9 Å². The lowest BCUT2D eigenvalue weighted by Gasteiger charge is -2.10. The summed E-state index contributed by atoms with van der Waals surface area (Å²) in [5.74, 6) is 0.726. The predicted octanol–water partition coefficient (Wildman–Crippen LogP) is 3.45. The number of nitrogens with one attached hydrogen (secondary N) is 2. The number of nitrogens with zero attached hydrogens (tertiary/aromatic N) is 3. The minimum absolute atomic E-state index is 0.0199. The monoisotopic (exact) mass is 365 g/mol. The largest absolute Gasteiger partial charge is 0.326 e. The van der Waals surface area contributed by atoms with Crippen LogP contribution in [0.15, 0.2) is 55.0 Å². The lowest BCUT2D eigenvalue weighted by atomic mass is 10.1. The summed E-state index contributed by atoms with van der Waals surface area (Å²) in [6, 6.07) is 10.8. The molecule has 0 saturated carbocycles. The maximum Gasteiger partial charge on any atom is 0.261 e. The summed E-state index contributed by atoms with van der Waals surface area (Å²) in [7, 11) is 1.79. The predicted molar refractivity (Wildman–Crippen MR) is 105 cm³/mol. The van der Waals surface area contributed by atoms with E-state index in [2.05, 4.69) is 15.7 Å². The van der Waals surface area contributed by atoms with Gasteiger partial charge in [-0.3, -0.25) is 14.3 Å². The Kier molecular flexibility index (Phi) is 5.40. The molecule has 3 rings (SSSR count). The van der Waals surface area contributed by atoms with Crippen LogP contribution in [0.4, 0.5) is 11.4 Å². The molecule has 2 amide bonds. The first-order valence-corrected chi connectivity index (χ1v) is 8.80. The highest BCUT2D eigenvalue weighted by atomic mass is 16.2. The Morgan fingerprint density at radius 2 is 1.63 bits per heavy atom. The highest BCUT2D eigenvalue weighted by molar-refractivity contribution is 6.06. The fourth-order valence-electron chi connectivity index (χ4n) is 2.79. The number of anilines is 2. The van der Waals surface area contributed by atoms with Gasteiger partial charge in [0.05, 0.1) is 6.20 Å². The zero-order valence-electron chi connectivity index (χ0n) is 15.6. The highest BCUT2D eigenvalue weighted by Gasteiger charge is 2.17. The Balaban J connectivity index is 1.70. The van der Waals surface area contributed by atoms with E-state index in [-0.39, 0.29) is 11.8 Å². The standard InChI is InChI=1S/C20H23N5O2/c1-14(2)12-18(26)22-15-6-8-16(9-7-15)23-19(27)17-13-21-24(3)20(17)25-10-4-5-11-25/h4-11,13-14H,12H2,1-3H3,(H,22,26)(H,23,27). The third-order valence-electron chi connectivity index (χ3n) is 4.02. The SMILES string of the molecule is CC(C)CC(=O)Nc1ccc(NC(=O)c2cnn(C)c2-n2cccc2)cc1. The molecule has 0 atom stereocenters. The van der Waals surface area contributed by atoms with Crippen molar-refractivity contribution in [1.82, 2.24) is 14.3 Å². The van der Waals surface area contributed by atoms with Crippen molar-refractivity contribution in [3.05, 3.63) is 60.6 Å². The quantitative estimate of drug-likeness (QED) is 0.702.